The molecule has 0 heterocycles. The molecule has 4 rings (SSSR count). The van der Waals surface area contributed by atoms with Crippen molar-refractivity contribution in [1.29, 1.82) is 0 Å². The van der Waals surface area contributed by atoms with Gasteiger partial charge >= 0.3 is 0 Å². The van der Waals surface area contributed by atoms with Gasteiger partial charge in [0.05, 0.1) is 0 Å². The number of allylic oxidation sites excluding steroid dienone is 2. The van der Waals surface area contributed by atoms with Crippen LogP contribution in [-0.2, 0) is 6.42 Å². The van der Waals surface area contributed by atoms with Gasteiger partial charge in [0.2, 0.25) is 0 Å². The number of benzene rings is 2. The summed E-state index contributed by atoms with van der Waals surface area (Å²) in [5.74, 6) is 1.00. The van der Waals surface area contributed by atoms with Gasteiger partial charge in [-0.2, -0.15) is 0 Å². The number of hydrogen-bond donors (Lipinski definition) is 1. The second-order valence-corrected chi connectivity index (χ2v) is 6.24. The molecule has 0 fully saturated rings. The van der Waals surface area contributed by atoms with Gasteiger partial charge in [-0.3, -0.25) is 0 Å². The largest absolute Gasteiger partial charge is 0.508 e. The minimum absolute atomic E-state index is 0.357. The fourth-order valence-corrected chi connectivity index (χ4v) is 4.00. The zero-order chi connectivity index (χ0) is 13.0. The van der Waals surface area contributed by atoms with Gasteiger partial charge in [-0.05, 0) is 64.6 Å². The molecule has 0 amide bonds. The molecule has 2 aliphatic carbocycles. The molecular weight excluding hydrogens is 232 g/mol. The van der Waals surface area contributed by atoms with Gasteiger partial charge in [0.1, 0.15) is 5.75 Å². The summed E-state index contributed by atoms with van der Waals surface area (Å²) in [4.78, 5) is 0. The molecule has 0 aromatic heterocycles. The van der Waals surface area contributed by atoms with Crippen molar-refractivity contribution in [3.05, 3.63) is 53.6 Å². The third-order valence-corrected chi connectivity index (χ3v) is 5.11. The van der Waals surface area contributed by atoms with Crippen LogP contribution in [0.15, 0.2) is 42.5 Å². The molecule has 0 saturated carbocycles. The highest BCUT2D eigenvalue weighted by Crippen LogP contribution is 2.53. The number of hydrogen-bond acceptors (Lipinski definition) is 1. The summed E-state index contributed by atoms with van der Waals surface area (Å²) < 4.78 is 0. The molecule has 1 heteroatoms. The van der Waals surface area contributed by atoms with Crippen LogP contribution in [0.1, 0.15) is 36.8 Å². The van der Waals surface area contributed by atoms with E-state index in [9.17, 15) is 5.11 Å². The average molecular weight is 250 g/mol. The van der Waals surface area contributed by atoms with E-state index < -0.39 is 0 Å². The summed E-state index contributed by atoms with van der Waals surface area (Å²) in [5, 5.41) is 12.1. The SMILES string of the molecule is C[C@@]12C=CC[C@H]1c1ccc3cc(O)ccc3c1CC2. The van der Waals surface area contributed by atoms with Crippen LogP contribution in [0, 0.1) is 5.41 Å². The molecular formula is C18H18O. The van der Waals surface area contributed by atoms with Crippen LogP contribution in [0.3, 0.4) is 0 Å². The zero-order valence-electron chi connectivity index (χ0n) is 11.2. The minimum Gasteiger partial charge on any atom is -0.508 e. The van der Waals surface area contributed by atoms with E-state index in [-0.39, 0.29) is 0 Å². The van der Waals surface area contributed by atoms with E-state index in [0.29, 0.717) is 17.1 Å². The summed E-state index contributed by atoms with van der Waals surface area (Å²) >= 11 is 0. The Bertz CT molecular complexity index is 698. The molecule has 0 unspecified atom stereocenters. The first-order valence-electron chi connectivity index (χ1n) is 7.10. The Labute approximate surface area is 113 Å². The molecule has 19 heavy (non-hydrogen) atoms. The van der Waals surface area contributed by atoms with E-state index in [1.165, 1.54) is 29.4 Å². The Balaban J connectivity index is 1.96. The summed E-state index contributed by atoms with van der Waals surface area (Å²) in [6.07, 6.45) is 8.32. The predicted molar refractivity (Wildman–Crippen MR) is 78.5 cm³/mol. The molecule has 2 aromatic carbocycles. The summed E-state index contributed by atoms with van der Waals surface area (Å²) in [5.41, 5.74) is 3.39. The topological polar surface area (TPSA) is 20.2 Å². The molecule has 2 aromatic rings. The molecule has 0 aliphatic heterocycles. The smallest absolute Gasteiger partial charge is 0.116 e. The highest BCUT2D eigenvalue weighted by atomic mass is 16.3. The lowest BCUT2D eigenvalue weighted by Crippen LogP contribution is -2.26. The first kappa shape index (κ1) is 11.1. The first-order chi connectivity index (χ1) is 9.17. The maximum absolute atomic E-state index is 9.62. The third kappa shape index (κ3) is 1.48. The molecule has 2 atom stereocenters. The molecule has 0 bridgehead atoms. The van der Waals surface area contributed by atoms with Gasteiger partial charge in [0.15, 0.2) is 0 Å². The Morgan fingerprint density at radius 2 is 2.11 bits per heavy atom. The lowest BCUT2D eigenvalue weighted by atomic mass is 9.66. The highest BCUT2D eigenvalue weighted by molar-refractivity contribution is 5.88. The van der Waals surface area contributed by atoms with Crippen molar-refractivity contribution >= 4 is 10.8 Å². The summed E-state index contributed by atoms with van der Waals surface area (Å²) in [6.45, 7) is 2.39. The monoisotopic (exact) mass is 250 g/mol. The molecule has 0 spiro atoms. The van der Waals surface area contributed by atoms with E-state index >= 15 is 0 Å². The third-order valence-electron chi connectivity index (χ3n) is 5.11. The first-order valence-corrected chi connectivity index (χ1v) is 7.10. The Morgan fingerprint density at radius 3 is 3.00 bits per heavy atom. The van der Waals surface area contributed by atoms with Gasteiger partial charge in [0, 0.05) is 0 Å². The van der Waals surface area contributed by atoms with Crippen molar-refractivity contribution in [3.8, 4) is 5.75 Å². The number of aryl methyl sites for hydroxylation is 1. The minimum atomic E-state index is 0.357. The van der Waals surface area contributed by atoms with Crippen LogP contribution >= 0.6 is 0 Å². The lowest BCUT2D eigenvalue weighted by Gasteiger charge is -2.38. The van der Waals surface area contributed by atoms with Crippen LogP contribution in [-0.4, -0.2) is 5.11 Å². The summed E-state index contributed by atoms with van der Waals surface area (Å²) in [6, 6.07) is 10.2. The van der Waals surface area contributed by atoms with Crippen LogP contribution < -0.4 is 0 Å². The summed E-state index contributed by atoms with van der Waals surface area (Å²) in [7, 11) is 0. The van der Waals surface area contributed by atoms with Crippen molar-refractivity contribution in [1.82, 2.24) is 0 Å². The van der Waals surface area contributed by atoms with Crippen LogP contribution in [0.2, 0.25) is 0 Å². The fourth-order valence-electron chi connectivity index (χ4n) is 4.00. The second-order valence-electron chi connectivity index (χ2n) is 6.24. The number of aromatic hydroxyl groups is 1. The Morgan fingerprint density at radius 1 is 1.21 bits per heavy atom. The molecule has 2 aliphatic rings. The zero-order valence-corrected chi connectivity index (χ0v) is 11.2. The van der Waals surface area contributed by atoms with Crippen molar-refractivity contribution < 1.29 is 5.11 Å². The van der Waals surface area contributed by atoms with E-state index in [4.69, 9.17) is 0 Å². The van der Waals surface area contributed by atoms with E-state index in [1.807, 2.05) is 12.1 Å². The van der Waals surface area contributed by atoms with Gasteiger partial charge in [-0.15, -0.1) is 0 Å². The second kappa shape index (κ2) is 3.63. The van der Waals surface area contributed by atoms with Gasteiger partial charge in [-0.25, -0.2) is 0 Å². The Hall–Kier alpha value is -1.76. The standard InChI is InChI=1S/C18H18O/c1-18-9-2-3-17(18)16-6-4-12-11-13(19)5-7-14(12)15(16)8-10-18/h2,4-7,9,11,17,19H,3,8,10H2,1H3/t17-,18-/m0/s1. The molecule has 1 nitrogen and oxygen atoms in total. The van der Waals surface area contributed by atoms with E-state index in [0.717, 1.165) is 11.8 Å². The van der Waals surface area contributed by atoms with Crippen LogP contribution in [0.4, 0.5) is 0 Å². The molecule has 1 N–H and O–H groups in total. The lowest BCUT2D eigenvalue weighted by molar-refractivity contribution is 0.312. The van der Waals surface area contributed by atoms with E-state index in [2.05, 4.69) is 37.3 Å². The number of phenols is 1. The Kier molecular flexibility index (Phi) is 2.12. The number of phenolic OH excluding ortho intramolecular Hbond substituents is 1. The van der Waals surface area contributed by atoms with E-state index in [1.54, 1.807) is 0 Å². The van der Waals surface area contributed by atoms with Crippen molar-refractivity contribution in [2.75, 3.05) is 0 Å². The van der Waals surface area contributed by atoms with Gasteiger partial charge in [0.25, 0.3) is 0 Å². The maximum atomic E-state index is 9.62. The highest BCUT2D eigenvalue weighted by Gasteiger charge is 2.40. The number of rotatable bonds is 0. The molecule has 96 valence electrons. The van der Waals surface area contributed by atoms with Crippen LogP contribution in [0.5, 0.6) is 5.75 Å². The van der Waals surface area contributed by atoms with Crippen molar-refractivity contribution in [2.24, 2.45) is 5.41 Å². The van der Waals surface area contributed by atoms with Crippen molar-refractivity contribution in [2.45, 2.75) is 32.1 Å². The quantitative estimate of drug-likeness (QED) is 0.680. The fraction of sp³-hybridized carbons (Fsp3) is 0.333. The van der Waals surface area contributed by atoms with Gasteiger partial charge < -0.3 is 5.11 Å². The average Bonchev–Trinajstić information content (AvgIpc) is 2.79. The van der Waals surface area contributed by atoms with Gasteiger partial charge in [-0.1, -0.05) is 37.3 Å². The number of fused-ring (bicyclic) bond motifs is 5. The molecule has 0 saturated heterocycles. The molecule has 0 radical (unpaired) electrons. The normalized spacial score (nSPS) is 28.4. The predicted octanol–water partition coefficient (Wildman–Crippen LogP) is 4.54. The van der Waals surface area contributed by atoms with Crippen LogP contribution in [0.25, 0.3) is 10.8 Å². The van der Waals surface area contributed by atoms with Crippen molar-refractivity contribution in [3.63, 3.8) is 0 Å². The maximum Gasteiger partial charge on any atom is 0.116 e.